The Bertz CT molecular complexity index is 356. The Labute approximate surface area is 104 Å². The molecule has 2 rings (SSSR count). The van der Waals surface area contributed by atoms with Crippen LogP contribution in [0.3, 0.4) is 0 Å². The summed E-state index contributed by atoms with van der Waals surface area (Å²) in [6, 6.07) is 7.84. The summed E-state index contributed by atoms with van der Waals surface area (Å²) in [5.74, 6) is 1.57. The van der Waals surface area contributed by atoms with Crippen LogP contribution in [-0.2, 0) is 0 Å². The summed E-state index contributed by atoms with van der Waals surface area (Å²) in [7, 11) is 0. The van der Waals surface area contributed by atoms with Gasteiger partial charge in [0.25, 0.3) is 0 Å². The summed E-state index contributed by atoms with van der Waals surface area (Å²) >= 11 is 0. The zero-order valence-electron chi connectivity index (χ0n) is 10.7. The van der Waals surface area contributed by atoms with Crippen LogP contribution in [0.15, 0.2) is 24.3 Å². The van der Waals surface area contributed by atoms with Gasteiger partial charge in [-0.15, -0.1) is 0 Å². The van der Waals surface area contributed by atoms with E-state index < -0.39 is 0 Å². The molecule has 0 aromatic heterocycles. The lowest BCUT2D eigenvalue weighted by atomic mass is 9.80. The number of ether oxygens (including phenoxy) is 1. The van der Waals surface area contributed by atoms with Gasteiger partial charge in [0, 0.05) is 0 Å². The highest BCUT2D eigenvalue weighted by molar-refractivity contribution is 5.30. The number of rotatable bonds is 5. The minimum Gasteiger partial charge on any atom is -0.491 e. The first kappa shape index (κ1) is 12.4. The van der Waals surface area contributed by atoms with Crippen molar-refractivity contribution in [3.05, 3.63) is 29.8 Å². The summed E-state index contributed by atoms with van der Waals surface area (Å²) in [6.07, 6.45) is 4.61. The van der Waals surface area contributed by atoms with Crippen molar-refractivity contribution >= 4 is 0 Å². The van der Waals surface area contributed by atoms with Crippen molar-refractivity contribution in [3.63, 3.8) is 0 Å². The number of aliphatic hydroxyl groups excluding tert-OH is 1. The smallest absolute Gasteiger partial charge is 0.120 e. The van der Waals surface area contributed by atoms with E-state index in [1.54, 1.807) is 0 Å². The van der Waals surface area contributed by atoms with E-state index in [1.807, 2.05) is 38.1 Å². The van der Waals surface area contributed by atoms with E-state index in [4.69, 9.17) is 4.74 Å². The van der Waals surface area contributed by atoms with Crippen LogP contribution >= 0.6 is 0 Å². The van der Waals surface area contributed by atoms with Crippen LogP contribution in [0.2, 0.25) is 0 Å². The second-order valence-electron chi connectivity index (χ2n) is 5.29. The first-order chi connectivity index (χ1) is 8.15. The molecule has 1 saturated carbocycles. The monoisotopic (exact) mass is 234 g/mol. The van der Waals surface area contributed by atoms with Gasteiger partial charge in [-0.3, -0.25) is 0 Å². The van der Waals surface area contributed by atoms with Gasteiger partial charge in [0.15, 0.2) is 0 Å². The third-order valence-electron chi connectivity index (χ3n) is 3.40. The number of benzene rings is 1. The quantitative estimate of drug-likeness (QED) is 0.841. The molecule has 17 heavy (non-hydrogen) atoms. The molecule has 2 nitrogen and oxygen atoms in total. The lowest BCUT2D eigenvalue weighted by molar-refractivity contribution is 0.118. The predicted molar refractivity (Wildman–Crippen MR) is 69.1 cm³/mol. The van der Waals surface area contributed by atoms with Gasteiger partial charge in [0.05, 0.1) is 12.2 Å². The van der Waals surface area contributed by atoms with Crippen molar-refractivity contribution in [2.45, 2.75) is 51.7 Å². The highest BCUT2D eigenvalue weighted by Crippen LogP contribution is 2.35. The van der Waals surface area contributed by atoms with Crippen LogP contribution in [0.4, 0.5) is 0 Å². The number of aliphatic hydroxyl groups is 1. The highest BCUT2D eigenvalue weighted by atomic mass is 16.5. The van der Waals surface area contributed by atoms with Crippen LogP contribution in [0.25, 0.3) is 0 Å². The third kappa shape index (κ3) is 3.47. The Hall–Kier alpha value is -1.02. The molecule has 1 aromatic rings. The van der Waals surface area contributed by atoms with E-state index in [2.05, 4.69) is 0 Å². The van der Waals surface area contributed by atoms with Crippen molar-refractivity contribution in [2.75, 3.05) is 0 Å². The molecule has 94 valence electrons. The third-order valence-corrected chi connectivity index (χ3v) is 3.40. The molecule has 0 saturated heterocycles. The minimum absolute atomic E-state index is 0.175. The van der Waals surface area contributed by atoms with Crippen molar-refractivity contribution in [3.8, 4) is 5.75 Å². The molecule has 1 aliphatic rings. The maximum Gasteiger partial charge on any atom is 0.120 e. The molecule has 1 aliphatic carbocycles. The van der Waals surface area contributed by atoms with E-state index in [0.29, 0.717) is 0 Å². The van der Waals surface area contributed by atoms with E-state index in [9.17, 15) is 5.11 Å². The first-order valence-electron chi connectivity index (χ1n) is 6.60. The standard InChI is InChI=1S/C15H22O2/c1-11(2)17-14-8-4-7-13(10-14)15(16)9-12-5-3-6-12/h4,7-8,10-12,15-16H,3,5-6,9H2,1-2H3. The van der Waals surface area contributed by atoms with Crippen LogP contribution in [0, 0.1) is 5.92 Å². The molecule has 1 atom stereocenters. The predicted octanol–water partition coefficient (Wildman–Crippen LogP) is 3.70. The Morgan fingerprint density at radius 2 is 2.12 bits per heavy atom. The molecule has 1 aromatic carbocycles. The maximum atomic E-state index is 10.2. The fourth-order valence-electron chi connectivity index (χ4n) is 2.25. The largest absolute Gasteiger partial charge is 0.491 e. The van der Waals surface area contributed by atoms with Gasteiger partial charge in [0.1, 0.15) is 5.75 Å². The molecule has 0 aliphatic heterocycles. The molecule has 0 radical (unpaired) electrons. The van der Waals surface area contributed by atoms with E-state index in [0.717, 1.165) is 23.7 Å². The maximum absolute atomic E-state index is 10.2. The molecule has 2 heteroatoms. The average Bonchev–Trinajstić information content (AvgIpc) is 2.22. The van der Waals surface area contributed by atoms with Crippen LogP contribution in [0.1, 0.15) is 51.2 Å². The Kier molecular flexibility index (Phi) is 4.06. The highest BCUT2D eigenvalue weighted by Gasteiger charge is 2.21. The lowest BCUT2D eigenvalue weighted by Gasteiger charge is -2.27. The molecule has 1 unspecified atom stereocenters. The van der Waals surface area contributed by atoms with Gasteiger partial charge in [-0.2, -0.15) is 0 Å². The van der Waals surface area contributed by atoms with Crippen molar-refractivity contribution in [1.29, 1.82) is 0 Å². The summed E-state index contributed by atoms with van der Waals surface area (Å²) in [5, 5.41) is 10.2. The van der Waals surface area contributed by atoms with Crippen LogP contribution in [-0.4, -0.2) is 11.2 Å². The minimum atomic E-state index is -0.337. The Balaban J connectivity index is 1.98. The lowest BCUT2D eigenvalue weighted by Crippen LogP contribution is -2.15. The zero-order valence-corrected chi connectivity index (χ0v) is 10.7. The van der Waals surface area contributed by atoms with Crippen molar-refractivity contribution in [2.24, 2.45) is 5.92 Å². The molecule has 1 N–H and O–H groups in total. The molecular formula is C15H22O2. The second-order valence-corrected chi connectivity index (χ2v) is 5.29. The van der Waals surface area contributed by atoms with Gasteiger partial charge in [-0.1, -0.05) is 31.4 Å². The van der Waals surface area contributed by atoms with Crippen LogP contribution < -0.4 is 4.74 Å². The van der Waals surface area contributed by atoms with E-state index >= 15 is 0 Å². The topological polar surface area (TPSA) is 29.5 Å². The number of hydrogen-bond donors (Lipinski definition) is 1. The summed E-state index contributed by atoms with van der Waals surface area (Å²) < 4.78 is 5.64. The Morgan fingerprint density at radius 3 is 2.71 bits per heavy atom. The fraction of sp³-hybridized carbons (Fsp3) is 0.600. The first-order valence-corrected chi connectivity index (χ1v) is 6.60. The SMILES string of the molecule is CC(C)Oc1cccc(C(O)CC2CCC2)c1. The van der Waals surface area contributed by atoms with Gasteiger partial charge >= 0.3 is 0 Å². The van der Waals surface area contributed by atoms with Crippen molar-refractivity contribution in [1.82, 2.24) is 0 Å². The molecular weight excluding hydrogens is 212 g/mol. The van der Waals surface area contributed by atoms with Gasteiger partial charge in [-0.25, -0.2) is 0 Å². The molecule has 0 spiro atoms. The molecule has 1 fully saturated rings. The van der Waals surface area contributed by atoms with Crippen LogP contribution in [0.5, 0.6) is 5.75 Å². The summed E-state index contributed by atoms with van der Waals surface area (Å²) in [4.78, 5) is 0. The Morgan fingerprint density at radius 1 is 1.35 bits per heavy atom. The molecule has 0 bridgehead atoms. The second kappa shape index (κ2) is 5.54. The van der Waals surface area contributed by atoms with Gasteiger partial charge < -0.3 is 9.84 Å². The van der Waals surface area contributed by atoms with E-state index in [-0.39, 0.29) is 12.2 Å². The summed E-state index contributed by atoms with van der Waals surface area (Å²) in [5.41, 5.74) is 0.982. The fourth-order valence-corrected chi connectivity index (χ4v) is 2.25. The van der Waals surface area contributed by atoms with E-state index in [1.165, 1.54) is 19.3 Å². The van der Waals surface area contributed by atoms with Gasteiger partial charge in [0.2, 0.25) is 0 Å². The summed E-state index contributed by atoms with van der Waals surface area (Å²) in [6.45, 7) is 4.02. The molecule has 0 amide bonds. The molecule has 0 heterocycles. The zero-order chi connectivity index (χ0) is 12.3. The van der Waals surface area contributed by atoms with Gasteiger partial charge in [-0.05, 0) is 43.9 Å². The van der Waals surface area contributed by atoms with Crippen molar-refractivity contribution < 1.29 is 9.84 Å². The normalized spacial score (nSPS) is 17.9. The average molecular weight is 234 g/mol. The number of hydrogen-bond acceptors (Lipinski definition) is 2.